The lowest BCUT2D eigenvalue weighted by Crippen LogP contribution is -1.99. The fraction of sp³-hybridized carbons (Fsp3) is 0.231. The van der Waals surface area contributed by atoms with Crippen LogP contribution in [-0.2, 0) is 9.84 Å². The Morgan fingerprint density at radius 1 is 1.20 bits per heavy atom. The van der Waals surface area contributed by atoms with Gasteiger partial charge in [0.05, 0.1) is 4.90 Å². The van der Waals surface area contributed by atoms with E-state index in [0.717, 1.165) is 6.26 Å². The van der Waals surface area contributed by atoms with E-state index >= 15 is 0 Å². The van der Waals surface area contributed by atoms with Crippen molar-refractivity contribution in [3.8, 4) is 11.6 Å². The first kappa shape index (κ1) is 14.7. The number of hydrogen-bond acceptors (Lipinski definition) is 5. The van der Waals surface area contributed by atoms with Gasteiger partial charge in [-0.3, -0.25) is 0 Å². The molecule has 0 radical (unpaired) electrons. The quantitative estimate of drug-likeness (QED) is 0.815. The highest BCUT2D eigenvalue weighted by atomic mass is 35.5. The van der Waals surface area contributed by atoms with Crippen molar-refractivity contribution in [2.45, 2.75) is 18.7 Å². The molecule has 0 spiro atoms. The van der Waals surface area contributed by atoms with Crippen LogP contribution in [-0.4, -0.2) is 24.6 Å². The number of aryl methyl sites for hydroxylation is 1. The molecule has 2 rings (SSSR count). The molecule has 0 saturated heterocycles. The Morgan fingerprint density at radius 2 is 1.90 bits per heavy atom. The number of aromatic nitrogens is 2. The van der Waals surface area contributed by atoms with Crippen molar-refractivity contribution in [2.75, 3.05) is 6.26 Å². The van der Waals surface area contributed by atoms with Gasteiger partial charge < -0.3 is 4.74 Å². The molecule has 5 nitrogen and oxygen atoms in total. The van der Waals surface area contributed by atoms with E-state index in [4.69, 9.17) is 16.3 Å². The SMILES string of the molecule is Cc1nc(Cl)c(C)c(Oc2cccc(S(C)(=O)=O)c2)n1. The molecule has 0 bridgehead atoms. The van der Waals surface area contributed by atoms with Crippen LogP contribution in [0.15, 0.2) is 29.2 Å². The molecular weight excluding hydrogens is 300 g/mol. The predicted molar refractivity (Wildman–Crippen MR) is 76.1 cm³/mol. The lowest BCUT2D eigenvalue weighted by atomic mass is 10.3. The van der Waals surface area contributed by atoms with Gasteiger partial charge in [-0.1, -0.05) is 17.7 Å². The first-order valence-electron chi connectivity index (χ1n) is 5.76. The van der Waals surface area contributed by atoms with Gasteiger partial charge in [-0.2, -0.15) is 4.98 Å². The monoisotopic (exact) mass is 312 g/mol. The van der Waals surface area contributed by atoms with E-state index in [0.29, 0.717) is 28.2 Å². The summed E-state index contributed by atoms with van der Waals surface area (Å²) in [4.78, 5) is 8.35. The summed E-state index contributed by atoms with van der Waals surface area (Å²) in [6, 6.07) is 6.21. The molecule has 106 valence electrons. The molecule has 0 aliphatic rings. The standard InChI is InChI=1S/C13H13ClN2O3S/c1-8-12(14)15-9(2)16-13(8)19-10-5-4-6-11(7-10)20(3,17)18/h4-7H,1-3H3. The summed E-state index contributed by atoms with van der Waals surface area (Å²) < 4.78 is 28.6. The zero-order valence-corrected chi connectivity index (χ0v) is 12.8. The molecule has 0 aliphatic heterocycles. The molecule has 0 saturated carbocycles. The number of rotatable bonds is 3. The number of hydrogen-bond donors (Lipinski definition) is 0. The van der Waals surface area contributed by atoms with Crippen LogP contribution in [0.2, 0.25) is 5.15 Å². The summed E-state index contributed by atoms with van der Waals surface area (Å²) in [5.74, 6) is 1.17. The third-order valence-electron chi connectivity index (χ3n) is 2.60. The third-order valence-corrected chi connectivity index (χ3v) is 4.08. The van der Waals surface area contributed by atoms with Gasteiger partial charge in [-0.15, -0.1) is 0 Å². The number of ether oxygens (including phenoxy) is 1. The minimum absolute atomic E-state index is 0.185. The van der Waals surface area contributed by atoms with Gasteiger partial charge in [0, 0.05) is 11.8 Å². The van der Waals surface area contributed by atoms with Crippen LogP contribution < -0.4 is 4.74 Å². The molecule has 0 N–H and O–H groups in total. The lowest BCUT2D eigenvalue weighted by molar-refractivity contribution is 0.454. The van der Waals surface area contributed by atoms with Gasteiger partial charge in [0.1, 0.15) is 16.7 Å². The van der Waals surface area contributed by atoms with Crippen LogP contribution in [0.5, 0.6) is 11.6 Å². The number of halogens is 1. The normalized spacial score (nSPS) is 11.4. The van der Waals surface area contributed by atoms with Gasteiger partial charge in [0.2, 0.25) is 5.88 Å². The summed E-state index contributed by atoms with van der Waals surface area (Å²) >= 11 is 5.96. The summed E-state index contributed by atoms with van der Waals surface area (Å²) in [6.07, 6.45) is 1.14. The average molecular weight is 313 g/mol. The van der Waals surface area contributed by atoms with Crippen molar-refractivity contribution in [3.05, 3.63) is 40.8 Å². The Labute approximate surface area is 122 Å². The van der Waals surface area contributed by atoms with Crippen molar-refractivity contribution >= 4 is 21.4 Å². The van der Waals surface area contributed by atoms with Crippen molar-refractivity contribution < 1.29 is 13.2 Å². The van der Waals surface area contributed by atoms with E-state index < -0.39 is 9.84 Å². The molecule has 0 atom stereocenters. The van der Waals surface area contributed by atoms with Crippen molar-refractivity contribution in [2.24, 2.45) is 0 Å². The molecule has 0 unspecified atom stereocenters. The molecule has 1 aromatic heterocycles. The van der Waals surface area contributed by atoms with E-state index in [1.807, 2.05) is 0 Å². The second-order valence-corrected chi connectivity index (χ2v) is 6.71. The average Bonchev–Trinajstić information content (AvgIpc) is 2.35. The topological polar surface area (TPSA) is 69.2 Å². The molecule has 0 aliphatic carbocycles. The smallest absolute Gasteiger partial charge is 0.226 e. The Hall–Kier alpha value is -1.66. The highest BCUT2D eigenvalue weighted by Crippen LogP contribution is 2.28. The molecule has 2 aromatic rings. The summed E-state index contributed by atoms with van der Waals surface area (Å²) in [5, 5.41) is 0.312. The largest absolute Gasteiger partial charge is 0.439 e. The minimum atomic E-state index is -3.28. The van der Waals surface area contributed by atoms with Crippen molar-refractivity contribution in [1.82, 2.24) is 9.97 Å². The Bertz CT molecular complexity index is 760. The maximum Gasteiger partial charge on any atom is 0.226 e. The lowest BCUT2D eigenvalue weighted by Gasteiger charge is -2.10. The Balaban J connectivity index is 2.41. The maximum absolute atomic E-state index is 11.5. The van der Waals surface area contributed by atoms with E-state index in [1.54, 1.807) is 26.0 Å². The maximum atomic E-state index is 11.5. The van der Waals surface area contributed by atoms with Crippen LogP contribution in [0.3, 0.4) is 0 Å². The molecule has 1 aromatic carbocycles. The molecule has 0 amide bonds. The third kappa shape index (κ3) is 3.26. The van der Waals surface area contributed by atoms with Crippen LogP contribution in [0.1, 0.15) is 11.4 Å². The van der Waals surface area contributed by atoms with Crippen LogP contribution in [0.4, 0.5) is 0 Å². The molecule has 20 heavy (non-hydrogen) atoms. The van der Waals surface area contributed by atoms with E-state index in [9.17, 15) is 8.42 Å². The second kappa shape index (κ2) is 5.38. The fourth-order valence-corrected chi connectivity index (χ4v) is 2.41. The molecule has 7 heteroatoms. The number of benzene rings is 1. The van der Waals surface area contributed by atoms with E-state index in [2.05, 4.69) is 9.97 Å². The predicted octanol–water partition coefficient (Wildman–Crippen LogP) is 2.94. The van der Waals surface area contributed by atoms with Gasteiger partial charge in [0.15, 0.2) is 9.84 Å². The van der Waals surface area contributed by atoms with Gasteiger partial charge >= 0.3 is 0 Å². The zero-order valence-electron chi connectivity index (χ0n) is 11.2. The van der Waals surface area contributed by atoms with Crippen molar-refractivity contribution in [3.63, 3.8) is 0 Å². The highest BCUT2D eigenvalue weighted by molar-refractivity contribution is 7.90. The van der Waals surface area contributed by atoms with Gasteiger partial charge in [0.25, 0.3) is 0 Å². The van der Waals surface area contributed by atoms with Gasteiger partial charge in [-0.25, -0.2) is 13.4 Å². The van der Waals surface area contributed by atoms with Gasteiger partial charge in [-0.05, 0) is 32.0 Å². The molecule has 1 heterocycles. The summed E-state index contributed by atoms with van der Waals surface area (Å²) in [7, 11) is -3.28. The van der Waals surface area contributed by atoms with Crippen molar-refractivity contribution in [1.29, 1.82) is 0 Å². The number of nitrogens with zero attached hydrogens (tertiary/aromatic N) is 2. The van der Waals surface area contributed by atoms with Crippen LogP contribution in [0.25, 0.3) is 0 Å². The Morgan fingerprint density at radius 3 is 2.55 bits per heavy atom. The summed E-state index contributed by atoms with van der Waals surface area (Å²) in [6.45, 7) is 3.43. The molecular formula is C13H13ClN2O3S. The fourth-order valence-electron chi connectivity index (χ4n) is 1.55. The van der Waals surface area contributed by atoms with Crippen LogP contribution in [0, 0.1) is 13.8 Å². The highest BCUT2D eigenvalue weighted by Gasteiger charge is 2.12. The number of sulfone groups is 1. The zero-order chi connectivity index (χ0) is 14.9. The first-order valence-corrected chi connectivity index (χ1v) is 8.03. The minimum Gasteiger partial charge on any atom is -0.439 e. The molecule has 0 fully saturated rings. The first-order chi connectivity index (χ1) is 9.27. The second-order valence-electron chi connectivity index (χ2n) is 4.34. The Kier molecular flexibility index (Phi) is 3.96. The van der Waals surface area contributed by atoms with E-state index in [1.165, 1.54) is 12.1 Å². The summed E-state index contributed by atoms with van der Waals surface area (Å²) in [5.41, 5.74) is 0.599. The van der Waals surface area contributed by atoms with E-state index in [-0.39, 0.29) is 4.90 Å². The van der Waals surface area contributed by atoms with Crippen LogP contribution >= 0.6 is 11.6 Å².